The molecule has 0 saturated carbocycles. The van der Waals surface area contributed by atoms with Crippen molar-refractivity contribution >= 4 is 39.4 Å². The normalized spacial score (nSPS) is 21.1. The van der Waals surface area contributed by atoms with Gasteiger partial charge in [0.1, 0.15) is 18.3 Å². The first kappa shape index (κ1) is 25.6. The van der Waals surface area contributed by atoms with Crippen LogP contribution in [0.1, 0.15) is 12.0 Å². The van der Waals surface area contributed by atoms with E-state index in [-0.39, 0.29) is 11.9 Å². The Kier molecular flexibility index (Phi) is 7.36. The van der Waals surface area contributed by atoms with Gasteiger partial charge in [-0.25, -0.2) is 14.7 Å². The van der Waals surface area contributed by atoms with Crippen LogP contribution in [-0.4, -0.2) is 60.8 Å². The van der Waals surface area contributed by atoms with Gasteiger partial charge in [-0.2, -0.15) is 4.98 Å². The zero-order valence-electron chi connectivity index (χ0n) is 21.6. The van der Waals surface area contributed by atoms with Crippen molar-refractivity contribution in [3.05, 3.63) is 89.1 Å². The summed E-state index contributed by atoms with van der Waals surface area (Å²) in [6.07, 6.45) is 13.4. The van der Waals surface area contributed by atoms with Crippen molar-refractivity contribution in [2.75, 3.05) is 54.6 Å². The number of fused-ring (bicyclic) bond motifs is 1. The van der Waals surface area contributed by atoms with Crippen LogP contribution in [0.3, 0.4) is 0 Å². The summed E-state index contributed by atoms with van der Waals surface area (Å²) < 4.78 is 17.7. The van der Waals surface area contributed by atoms with E-state index in [9.17, 15) is 4.79 Å². The number of anilines is 3. The average molecular weight is 593 g/mol. The maximum absolute atomic E-state index is 13.5. The Bertz CT molecular complexity index is 1370. The second-order valence-corrected chi connectivity index (χ2v) is 10.4. The molecule has 1 unspecified atom stereocenters. The number of carbonyl (C=O) groups is 1. The predicted molar refractivity (Wildman–Crippen MR) is 151 cm³/mol. The molecule has 6 rings (SSSR count). The Morgan fingerprint density at radius 3 is 2.82 bits per heavy atom. The standard InChI is InChI=1S/C28H29BrN6O4/c1-32-26-21(18-34(28(32)36)24-9-5-3-7-22(24)29)16-30-27(31-26)35(25-19-38-14-15-39-25)23-8-4-2-6-20(23)17-33-10-12-37-13-11-33/h2-5,7-9,14-16,19-20H,6,10-13,17-18H2,1H3. The van der Waals surface area contributed by atoms with E-state index in [2.05, 4.69) is 33.0 Å². The van der Waals surface area contributed by atoms with E-state index in [1.54, 1.807) is 23.0 Å². The zero-order valence-corrected chi connectivity index (χ0v) is 23.2. The number of amides is 2. The van der Waals surface area contributed by atoms with Crippen molar-refractivity contribution in [2.45, 2.75) is 13.0 Å². The molecule has 2 amide bonds. The van der Waals surface area contributed by atoms with Crippen molar-refractivity contribution in [3.63, 3.8) is 0 Å². The van der Waals surface area contributed by atoms with Crippen molar-refractivity contribution < 1.29 is 19.0 Å². The highest BCUT2D eigenvalue weighted by Gasteiger charge is 2.35. The first-order chi connectivity index (χ1) is 19.1. The van der Waals surface area contributed by atoms with Crippen LogP contribution < -0.4 is 14.7 Å². The predicted octanol–water partition coefficient (Wildman–Crippen LogP) is 4.73. The lowest BCUT2D eigenvalue weighted by atomic mass is 9.95. The molecule has 1 aromatic heterocycles. The number of halogens is 1. The van der Waals surface area contributed by atoms with Crippen LogP contribution >= 0.6 is 15.9 Å². The van der Waals surface area contributed by atoms with Gasteiger partial charge in [0.25, 0.3) is 0 Å². The molecule has 2 aromatic rings. The minimum absolute atomic E-state index is 0.171. The smallest absolute Gasteiger partial charge is 0.330 e. The lowest BCUT2D eigenvalue weighted by molar-refractivity contribution is 0.0327. The molecule has 0 bridgehead atoms. The van der Waals surface area contributed by atoms with Gasteiger partial charge in [-0.05, 0) is 40.6 Å². The van der Waals surface area contributed by atoms with Crippen LogP contribution in [0.25, 0.3) is 0 Å². The van der Waals surface area contributed by atoms with Crippen molar-refractivity contribution in [1.29, 1.82) is 0 Å². The number of carbonyl (C=O) groups excluding carboxylic acids is 1. The highest BCUT2D eigenvalue weighted by Crippen LogP contribution is 2.37. The number of urea groups is 1. The number of benzene rings is 1. The molecule has 202 valence electrons. The van der Waals surface area contributed by atoms with E-state index in [1.165, 1.54) is 18.8 Å². The van der Waals surface area contributed by atoms with Crippen LogP contribution in [0.5, 0.6) is 0 Å². The van der Waals surface area contributed by atoms with Gasteiger partial charge in [0.15, 0.2) is 6.26 Å². The summed E-state index contributed by atoms with van der Waals surface area (Å²) in [5.74, 6) is 1.59. The topological polar surface area (TPSA) is 83.5 Å². The van der Waals surface area contributed by atoms with Gasteiger partial charge in [0.05, 0.1) is 25.4 Å². The van der Waals surface area contributed by atoms with Gasteiger partial charge in [0, 0.05) is 54.5 Å². The Morgan fingerprint density at radius 1 is 1.18 bits per heavy atom. The van der Waals surface area contributed by atoms with Crippen molar-refractivity contribution in [3.8, 4) is 0 Å². The van der Waals surface area contributed by atoms with E-state index in [0.717, 1.165) is 60.7 Å². The second kappa shape index (κ2) is 11.2. The van der Waals surface area contributed by atoms with Crippen LogP contribution in [-0.2, 0) is 20.8 Å². The van der Waals surface area contributed by atoms with Crippen molar-refractivity contribution in [1.82, 2.24) is 14.9 Å². The minimum Gasteiger partial charge on any atom is -0.464 e. The highest BCUT2D eigenvalue weighted by atomic mass is 79.9. The summed E-state index contributed by atoms with van der Waals surface area (Å²) in [7, 11) is 1.73. The maximum Gasteiger partial charge on any atom is 0.330 e. The molecule has 1 saturated heterocycles. The third-order valence-electron chi connectivity index (χ3n) is 7.13. The monoisotopic (exact) mass is 592 g/mol. The fourth-order valence-corrected chi connectivity index (χ4v) is 5.65. The van der Waals surface area contributed by atoms with Gasteiger partial charge in [-0.15, -0.1) is 0 Å². The number of nitrogens with zero attached hydrogens (tertiary/aromatic N) is 6. The number of hydrogen-bond acceptors (Lipinski definition) is 8. The molecule has 1 aliphatic carbocycles. The lowest BCUT2D eigenvalue weighted by Crippen LogP contribution is -2.46. The number of allylic oxidation sites excluding steroid dienone is 3. The van der Waals surface area contributed by atoms with Crippen LogP contribution in [0.15, 0.2) is 83.5 Å². The highest BCUT2D eigenvalue weighted by molar-refractivity contribution is 9.10. The van der Waals surface area contributed by atoms with Gasteiger partial charge in [-0.1, -0.05) is 24.3 Å². The van der Waals surface area contributed by atoms with Crippen LogP contribution in [0.4, 0.5) is 22.2 Å². The summed E-state index contributed by atoms with van der Waals surface area (Å²) in [5, 5.41) is 0. The first-order valence-corrected chi connectivity index (χ1v) is 13.7. The molecule has 1 aromatic carbocycles. The summed E-state index contributed by atoms with van der Waals surface area (Å²) in [6, 6.07) is 7.50. The van der Waals surface area contributed by atoms with E-state index in [1.807, 2.05) is 35.2 Å². The lowest BCUT2D eigenvalue weighted by Gasteiger charge is -2.37. The van der Waals surface area contributed by atoms with Gasteiger partial charge >= 0.3 is 6.03 Å². The molecule has 0 radical (unpaired) electrons. The second-order valence-electron chi connectivity index (χ2n) is 9.58. The average Bonchev–Trinajstić information content (AvgIpc) is 2.98. The quantitative estimate of drug-likeness (QED) is 0.476. The Labute approximate surface area is 235 Å². The van der Waals surface area contributed by atoms with Gasteiger partial charge in [0.2, 0.25) is 11.8 Å². The molecule has 1 fully saturated rings. The van der Waals surface area contributed by atoms with E-state index < -0.39 is 0 Å². The molecule has 0 spiro atoms. The number of morpholine rings is 1. The maximum atomic E-state index is 13.5. The molecule has 0 N–H and O–H groups in total. The van der Waals surface area contributed by atoms with Gasteiger partial charge in [-0.3, -0.25) is 14.7 Å². The number of hydrogen-bond donors (Lipinski definition) is 0. The third kappa shape index (κ3) is 5.17. The molecule has 1 atom stereocenters. The van der Waals surface area contributed by atoms with Crippen LogP contribution in [0, 0.1) is 5.92 Å². The van der Waals surface area contributed by atoms with E-state index in [4.69, 9.17) is 24.2 Å². The molecule has 10 nitrogen and oxygen atoms in total. The van der Waals surface area contributed by atoms with Gasteiger partial charge < -0.3 is 14.2 Å². The SMILES string of the molecule is CN1C(=O)N(c2ccccc2Br)Cc2cnc(N(C3=COC=CO3)C3=CC=CCC3CN3CCOCC3)nc21. The zero-order chi connectivity index (χ0) is 26.8. The molecule has 11 heteroatoms. The van der Waals surface area contributed by atoms with E-state index in [0.29, 0.717) is 24.2 Å². The summed E-state index contributed by atoms with van der Waals surface area (Å²) in [6.45, 7) is 4.50. The molecular formula is C28H29BrN6O4. The molecule has 4 aliphatic rings. The first-order valence-electron chi connectivity index (χ1n) is 12.9. The number of para-hydroxylation sites is 1. The molecule has 39 heavy (non-hydrogen) atoms. The van der Waals surface area contributed by atoms with Crippen LogP contribution in [0.2, 0.25) is 0 Å². The Hall–Kier alpha value is -3.67. The minimum atomic E-state index is -0.171. The molecule has 4 heterocycles. The largest absolute Gasteiger partial charge is 0.464 e. The van der Waals surface area contributed by atoms with E-state index >= 15 is 0 Å². The Balaban J connectivity index is 1.35. The fraction of sp³-hybridized carbons (Fsp3) is 0.321. The summed E-state index contributed by atoms with van der Waals surface area (Å²) in [5.41, 5.74) is 2.63. The summed E-state index contributed by atoms with van der Waals surface area (Å²) >= 11 is 3.57. The third-order valence-corrected chi connectivity index (χ3v) is 7.80. The Morgan fingerprint density at radius 2 is 2.03 bits per heavy atom. The molecular weight excluding hydrogens is 564 g/mol. The molecule has 3 aliphatic heterocycles. The number of rotatable bonds is 6. The number of ether oxygens (including phenoxy) is 3. The number of aromatic nitrogens is 2. The fourth-order valence-electron chi connectivity index (χ4n) is 5.16. The summed E-state index contributed by atoms with van der Waals surface area (Å²) in [4.78, 5) is 30.7. The van der Waals surface area contributed by atoms with Crippen molar-refractivity contribution in [2.24, 2.45) is 5.92 Å².